The van der Waals surface area contributed by atoms with E-state index in [-0.39, 0.29) is 0 Å². The maximum atomic E-state index is 6.24. The minimum Gasteiger partial charge on any atom is -0.493 e. The molecule has 4 aromatic rings. The zero-order valence-corrected chi connectivity index (χ0v) is 17.0. The van der Waals surface area contributed by atoms with E-state index in [9.17, 15) is 0 Å². The number of pyridine rings is 1. The topological polar surface area (TPSA) is 72.4 Å². The smallest absolute Gasteiger partial charge is 0.133 e. The number of aliphatic imine (C=N–C) groups is 1. The number of hydrogen-bond donors (Lipinski definition) is 1. The van der Waals surface area contributed by atoms with Crippen LogP contribution in [0.3, 0.4) is 0 Å². The Bertz CT molecular complexity index is 1280. The lowest BCUT2D eigenvalue weighted by Gasteiger charge is -2.15. The van der Waals surface area contributed by atoms with Gasteiger partial charge in [0, 0.05) is 28.5 Å². The summed E-state index contributed by atoms with van der Waals surface area (Å²) >= 11 is 0. The lowest BCUT2D eigenvalue weighted by molar-refractivity contribution is 0.246. The van der Waals surface area contributed by atoms with Crippen LogP contribution in [0.4, 0.5) is 0 Å². The largest absolute Gasteiger partial charge is 0.493 e. The molecule has 0 fully saturated rings. The van der Waals surface area contributed by atoms with Crippen molar-refractivity contribution in [2.45, 2.75) is 13.0 Å². The summed E-state index contributed by atoms with van der Waals surface area (Å²) in [4.78, 5) is 8.73. The summed E-state index contributed by atoms with van der Waals surface area (Å²) in [5, 5.41) is 8.53. The second kappa shape index (κ2) is 8.44. The summed E-state index contributed by atoms with van der Waals surface area (Å²) in [5.74, 6) is 1.63. The van der Waals surface area contributed by atoms with Crippen LogP contribution in [0.25, 0.3) is 34.3 Å². The van der Waals surface area contributed by atoms with Crippen molar-refractivity contribution in [3.8, 4) is 22.8 Å². The second-order valence-electron chi connectivity index (χ2n) is 7.32. The maximum Gasteiger partial charge on any atom is 0.133 e. The van der Waals surface area contributed by atoms with Gasteiger partial charge >= 0.3 is 0 Å². The van der Waals surface area contributed by atoms with Gasteiger partial charge < -0.3 is 9.47 Å². The van der Waals surface area contributed by atoms with Gasteiger partial charge in [-0.05, 0) is 37.1 Å². The van der Waals surface area contributed by atoms with Crippen LogP contribution in [0.1, 0.15) is 23.2 Å². The van der Waals surface area contributed by atoms with Gasteiger partial charge in [0.2, 0.25) is 0 Å². The molecule has 5 rings (SSSR count). The second-order valence-corrected chi connectivity index (χ2v) is 7.32. The molecule has 154 valence electrons. The lowest BCUT2D eigenvalue weighted by Crippen LogP contribution is -2.07. The molecule has 1 aliphatic rings. The van der Waals surface area contributed by atoms with Crippen molar-refractivity contribution in [3.05, 3.63) is 71.5 Å². The van der Waals surface area contributed by atoms with E-state index >= 15 is 0 Å². The van der Waals surface area contributed by atoms with Gasteiger partial charge in [-0.15, -0.1) is 0 Å². The van der Waals surface area contributed by atoms with E-state index in [2.05, 4.69) is 26.9 Å². The Morgan fingerprint density at radius 1 is 1.03 bits per heavy atom. The zero-order valence-electron chi connectivity index (χ0n) is 17.0. The van der Waals surface area contributed by atoms with Crippen LogP contribution in [0.5, 0.6) is 11.5 Å². The minimum absolute atomic E-state index is 0.481. The van der Waals surface area contributed by atoms with E-state index in [1.165, 1.54) is 0 Å². The first kappa shape index (κ1) is 19.1. The number of H-pyrrole nitrogens is 1. The number of nitrogens with one attached hydrogen (secondary N) is 1. The van der Waals surface area contributed by atoms with E-state index in [1.807, 2.05) is 66.9 Å². The average molecular weight is 410 g/mol. The first-order valence-electron chi connectivity index (χ1n) is 10.2. The standard InChI is InChI=1S/C25H22N4O2/c1-26-15-18-7-4-8-19-22-14-20-21(28-29-23(20)16-27-22)11-10-17-6-2-3-9-24(17)30-12-5-13-31-25(18)19/h2-4,6-11,14,16H,1,5,12-13,15H2,(H,28,29)/b11-10+. The third kappa shape index (κ3) is 3.80. The molecule has 2 bridgehead atoms. The van der Waals surface area contributed by atoms with Crippen LogP contribution in [0, 0.1) is 0 Å². The fourth-order valence-corrected chi connectivity index (χ4v) is 3.75. The first-order chi connectivity index (χ1) is 15.3. The molecule has 6 nitrogen and oxygen atoms in total. The zero-order chi connectivity index (χ0) is 21.0. The number of para-hydroxylation sites is 2. The summed E-state index contributed by atoms with van der Waals surface area (Å²) in [6, 6.07) is 16.1. The predicted molar refractivity (Wildman–Crippen MR) is 124 cm³/mol. The van der Waals surface area contributed by atoms with Gasteiger partial charge in [-0.3, -0.25) is 15.1 Å². The molecule has 1 aliphatic heterocycles. The van der Waals surface area contributed by atoms with Gasteiger partial charge in [0.05, 0.1) is 42.9 Å². The average Bonchev–Trinajstić information content (AvgIpc) is 3.20. The Hall–Kier alpha value is -3.93. The number of ether oxygens (including phenoxy) is 2. The molecule has 6 heteroatoms. The number of aromatic amines is 1. The molecule has 0 atom stereocenters. The van der Waals surface area contributed by atoms with E-state index in [1.54, 1.807) is 0 Å². The van der Waals surface area contributed by atoms with Gasteiger partial charge in [0.25, 0.3) is 0 Å². The number of benzene rings is 2. The number of nitrogens with zero attached hydrogens (tertiary/aromatic N) is 3. The quantitative estimate of drug-likeness (QED) is 0.464. The van der Waals surface area contributed by atoms with Crippen molar-refractivity contribution in [1.29, 1.82) is 0 Å². The molecule has 1 N–H and O–H groups in total. The third-order valence-corrected chi connectivity index (χ3v) is 5.26. The summed E-state index contributed by atoms with van der Waals surface area (Å²) in [6.07, 6.45) is 6.59. The highest BCUT2D eigenvalue weighted by atomic mass is 16.5. The van der Waals surface area contributed by atoms with Crippen molar-refractivity contribution in [3.63, 3.8) is 0 Å². The fourth-order valence-electron chi connectivity index (χ4n) is 3.75. The van der Waals surface area contributed by atoms with Gasteiger partial charge in [0.15, 0.2) is 0 Å². The number of rotatable bonds is 2. The molecule has 0 saturated heterocycles. The lowest BCUT2D eigenvalue weighted by atomic mass is 10.0. The molecule has 3 heterocycles. The molecule has 0 unspecified atom stereocenters. The summed E-state index contributed by atoms with van der Waals surface area (Å²) in [7, 11) is 0. The molecular formula is C25H22N4O2. The highest BCUT2D eigenvalue weighted by Crippen LogP contribution is 2.35. The Morgan fingerprint density at radius 3 is 2.87 bits per heavy atom. The number of fused-ring (bicyclic) bond motifs is 4. The van der Waals surface area contributed by atoms with Crippen LogP contribution in [-0.2, 0) is 6.54 Å². The molecule has 0 aliphatic carbocycles. The van der Waals surface area contributed by atoms with Gasteiger partial charge in [0.1, 0.15) is 11.5 Å². The number of aromatic nitrogens is 3. The van der Waals surface area contributed by atoms with Crippen LogP contribution in [0.2, 0.25) is 0 Å². The molecule has 0 amide bonds. The molecule has 0 radical (unpaired) electrons. The van der Waals surface area contributed by atoms with E-state index in [0.29, 0.717) is 19.8 Å². The Labute approximate surface area is 180 Å². The van der Waals surface area contributed by atoms with Gasteiger partial charge in [-0.1, -0.05) is 30.3 Å². The monoisotopic (exact) mass is 410 g/mol. The summed E-state index contributed by atoms with van der Waals surface area (Å²) < 4.78 is 12.3. The minimum atomic E-state index is 0.481. The van der Waals surface area contributed by atoms with E-state index < -0.39 is 0 Å². The summed E-state index contributed by atoms with van der Waals surface area (Å²) in [6.45, 7) is 5.21. The van der Waals surface area contributed by atoms with Crippen LogP contribution >= 0.6 is 0 Å². The van der Waals surface area contributed by atoms with Gasteiger partial charge in [-0.25, -0.2) is 0 Å². The van der Waals surface area contributed by atoms with E-state index in [4.69, 9.17) is 9.47 Å². The normalized spacial score (nSPS) is 14.5. The van der Waals surface area contributed by atoms with Crippen molar-refractivity contribution in [2.75, 3.05) is 13.2 Å². The third-order valence-electron chi connectivity index (χ3n) is 5.26. The first-order valence-corrected chi connectivity index (χ1v) is 10.2. The molecule has 31 heavy (non-hydrogen) atoms. The Balaban J connectivity index is 1.67. The molecule has 0 spiro atoms. The number of hydrogen-bond acceptors (Lipinski definition) is 5. The van der Waals surface area contributed by atoms with Crippen molar-refractivity contribution in [1.82, 2.24) is 15.2 Å². The van der Waals surface area contributed by atoms with Crippen LogP contribution in [-0.4, -0.2) is 35.1 Å². The molecular weight excluding hydrogens is 388 g/mol. The fraction of sp³-hybridized carbons (Fsp3) is 0.160. The SMILES string of the molecule is C=NCc1cccc2c1OCCCOc1ccccc1/C=C/c1n[nH]c3cnc-2cc13. The van der Waals surface area contributed by atoms with Gasteiger partial charge in [-0.2, -0.15) is 5.10 Å². The van der Waals surface area contributed by atoms with Crippen molar-refractivity contribution in [2.24, 2.45) is 4.99 Å². The van der Waals surface area contributed by atoms with Crippen LogP contribution in [0.15, 0.2) is 59.7 Å². The Morgan fingerprint density at radius 2 is 1.94 bits per heavy atom. The predicted octanol–water partition coefficient (Wildman–Crippen LogP) is 5.16. The molecule has 2 aromatic carbocycles. The molecule has 2 aromatic heterocycles. The maximum absolute atomic E-state index is 6.24. The molecule has 0 saturated carbocycles. The van der Waals surface area contributed by atoms with Crippen LogP contribution < -0.4 is 9.47 Å². The van der Waals surface area contributed by atoms with Crippen molar-refractivity contribution >= 4 is 29.8 Å². The van der Waals surface area contributed by atoms with Crippen molar-refractivity contribution < 1.29 is 9.47 Å². The van der Waals surface area contributed by atoms with E-state index in [0.717, 1.165) is 56.9 Å². The Kier molecular flexibility index (Phi) is 5.19. The summed E-state index contributed by atoms with van der Waals surface area (Å²) in [5.41, 5.74) is 5.47. The highest BCUT2D eigenvalue weighted by Gasteiger charge is 2.15. The highest BCUT2D eigenvalue weighted by molar-refractivity contribution is 5.92.